The van der Waals surface area contributed by atoms with E-state index in [0.29, 0.717) is 28.2 Å². The first-order valence-electron chi connectivity index (χ1n) is 9.04. The van der Waals surface area contributed by atoms with Gasteiger partial charge in [-0.2, -0.15) is 5.10 Å². The average Bonchev–Trinajstić information content (AvgIpc) is 2.96. The molecule has 0 aliphatic carbocycles. The third kappa shape index (κ3) is 4.79. The SMILES string of the molecule is Cc1nn(-c2ccc(F)cc2)c(C)c1C(=O)NC(C)c1ccc(OC(F)(F)F)cc1. The second-order valence-electron chi connectivity index (χ2n) is 6.75. The summed E-state index contributed by atoms with van der Waals surface area (Å²) < 4.78 is 55.4. The molecule has 0 saturated heterocycles. The van der Waals surface area contributed by atoms with E-state index in [9.17, 15) is 22.4 Å². The summed E-state index contributed by atoms with van der Waals surface area (Å²) in [5, 5.41) is 7.19. The fourth-order valence-electron chi connectivity index (χ4n) is 3.12. The number of ether oxygens (including phenoxy) is 1. The van der Waals surface area contributed by atoms with E-state index in [4.69, 9.17) is 0 Å². The Balaban J connectivity index is 1.76. The number of hydrogen-bond donors (Lipinski definition) is 1. The van der Waals surface area contributed by atoms with Crippen molar-refractivity contribution in [3.63, 3.8) is 0 Å². The number of nitrogens with zero attached hydrogens (tertiary/aromatic N) is 2. The second-order valence-corrected chi connectivity index (χ2v) is 6.75. The quantitative estimate of drug-likeness (QED) is 0.589. The van der Waals surface area contributed by atoms with Crippen molar-refractivity contribution in [1.29, 1.82) is 0 Å². The van der Waals surface area contributed by atoms with Gasteiger partial charge in [0.1, 0.15) is 11.6 Å². The first kappa shape index (κ1) is 21.4. The lowest BCUT2D eigenvalue weighted by Crippen LogP contribution is -2.27. The molecule has 2 aromatic carbocycles. The molecule has 0 radical (unpaired) electrons. The Kier molecular flexibility index (Phi) is 5.82. The van der Waals surface area contributed by atoms with Crippen molar-refractivity contribution in [2.45, 2.75) is 33.2 Å². The van der Waals surface area contributed by atoms with E-state index < -0.39 is 12.4 Å². The largest absolute Gasteiger partial charge is 0.573 e. The minimum Gasteiger partial charge on any atom is -0.406 e. The van der Waals surface area contributed by atoms with Crippen molar-refractivity contribution in [2.24, 2.45) is 0 Å². The average molecular weight is 421 g/mol. The summed E-state index contributed by atoms with van der Waals surface area (Å²) in [6.45, 7) is 5.13. The molecule has 0 saturated carbocycles. The molecule has 1 unspecified atom stereocenters. The van der Waals surface area contributed by atoms with Crippen molar-refractivity contribution < 1.29 is 27.1 Å². The first-order chi connectivity index (χ1) is 14.0. The van der Waals surface area contributed by atoms with Crippen LogP contribution < -0.4 is 10.1 Å². The lowest BCUT2D eigenvalue weighted by atomic mass is 10.1. The maximum atomic E-state index is 13.2. The fraction of sp³-hybridized carbons (Fsp3) is 0.238. The molecule has 0 aliphatic rings. The van der Waals surface area contributed by atoms with E-state index in [2.05, 4.69) is 15.2 Å². The molecule has 0 bridgehead atoms. The predicted molar refractivity (Wildman–Crippen MR) is 102 cm³/mol. The molecule has 0 aliphatic heterocycles. The molecule has 5 nitrogen and oxygen atoms in total. The molecule has 0 fully saturated rings. The molecule has 1 heterocycles. The Labute approximate surface area is 170 Å². The van der Waals surface area contributed by atoms with Crippen LogP contribution in [0.15, 0.2) is 48.5 Å². The van der Waals surface area contributed by atoms with E-state index in [1.165, 1.54) is 36.4 Å². The van der Waals surface area contributed by atoms with Gasteiger partial charge in [-0.15, -0.1) is 13.2 Å². The Morgan fingerprint density at radius 2 is 1.67 bits per heavy atom. The van der Waals surface area contributed by atoms with Gasteiger partial charge in [-0.1, -0.05) is 12.1 Å². The zero-order valence-corrected chi connectivity index (χ0v) is 16.4. The molecule has 0 spiro atoms. The monoisotopic (exact) mass is 421 g/mol. The highest BCUT2D eigenvalue weighted by atomic mass is 19.4. The van der Waals surface area contributed by atoms with Gasteiger partial charge in [0.25, 0.3) is 5.91 Å². The molecular formula is C21H19F4N3O2. The normalized spacial score (nSPS) is 12.5. The van der Waals surface area contributed by atoms with E-state index >= 15 is 0 Å². The standard InChI is InChI=1S/C21H19F4N3O2/c1-12(15-4-10-18(11-5-15)30-21(23,24)25)26-20(29)19-13(2)27-28(14(19)3)17-8-6-16(22)7-9-17/h4-12H,1-3H3,(H,26,29). The van der Waals surface area contributed by atoms with Gasteiger partial charge in [-0.05, 0) is 62.7 Å². The minimum absolute atomic E-state index is 0.336. The zero-order chi connectivity index (χ0) is 22.1. The second kappa shape index (κ2) is 8.17. The van der Waals surface area contributed by atoms with Crippen LogP contribution in [-0.2, 0) is 0 Å². The van der Waals surface area contributed by atoms with Gasteiger partial charge in [0.05, 0.1) is 28.7 Å². The molecule has 30 heavy (non-hydrogen) atoms. The minimum atomic E-state index is -4.76. The van der Waals surface area contributed by atoms with Crippen molar-refractivity contribution in [3.05, 3.63) is 76.9 Å². The number of halogens is 4. The number of rotatable bonds is 5. The first-order valence-corrected chi connectivity index (χ1v) is 9.04. The Morgan fingerprint density at radius 1 is 1.07 bits per heavy atom. The summed E-state index contributed by atoms with van der Waals surface area (Å²) in [5.74, 6) is -1.09. The summed E-state index contributed by atoms with van der Waals surface area (Å²) >= 11 is 0. The third-order valence-electron chi connectivity index (χ3n) is 4.55. The number of carbonyl (C=O) groups excluding carboxylic acids is 1. The van der Waals surface area contributed by atoms with Crippen molar-refractivity contribution >= 4 is 5.91 Å². The molecule has 1 N–H and O–H groups in total. The summed E-state index contributed by atoms with van der Waals surface area (Å²) in [5.41, 5.74) is 2.68. The number of carbonyl (C=O) groups is 1. The van der Waals surface area contributed by atoms with Gasteiger partial charge < -0.3 is 10.1 Å². The number of aryl methyl sites for hydroxylation is 1. The fourth-order valence-corrected chi connectivity index (χ4v) is 3.12. The number of nitrogens with one attached hydrogen (secondary N) is 1. The van der Waals surface area contributed by atoms with Gasteiger partial charge in [0.2, 0.25) is 0 Å². The summed E-state index contributed by atoms with van der Waals surface area (Å²) in [6.07, 6.45) is -4.76. The van der Waals surface area contributed by atoms with Crippen LogP contribution in [0.1, 0.15) is 40.3 Å². The highest BCUT2D eigenvalue weighted by molar-refractivity contribution is 5.96. The topological polar surface area (TPSA) is 56.2 Å². The van der Waals surface area contributed by atoms with Gasteiger partial charge >= 0.3 is 6.36 Å². The van der Waals surface area contributed by atoms with Crippen molar-refractivity contribution in [1.82, 2.24) is 15.1 Å². The smallest absolute Gasteiger partial charge is 0.406 e. The Morgan fingerprint density at radius 3 is 2.23 bits per heavy atom. The molecular weight excluding hydrogens is 402 g/mol. The molecule has 9 heteroatoms. The van der Waals surface area contributed by atoms with Crippen molar-refractivity contribution in [3.8, 4) is 11.4 Å². The van der Waals surface area contributed by atoms with Gasteiger partial charge in [0.15, 0.2) is 0 Å². The van der Waals surface area contributed by atoms with Crippen LogP contribution in [0.2, 0.25) is 0 Å². The summed E-state index contributed by atoms with van der Waals surface area (Å²) in [7, 11) is 0. The Hall–Kier alpha value is -3.36. The van der Waals surface area contributed by atoms with Gasteiger partial charge in [0, 0.05) is 0 Å². The van der Waals surface area contributed by atoms with Gasteiger partial charge in [-0.25, -0.2) is 9.07 Å². The van der Waals surface area contributed by atoms with Crippen LogP contribution in [0, 0.1) is 19.7 Å². The maximum absolute atomic E-state index is 13.2. The van der Waals surface area contributed by atoms with Crippen LogP contribution in [0.25, 0.3) is 5.69 Å². The number of alkyl halides is 3. The number of benzene rings is 2. The summed E-state index contributed by atoms with van der Waals surface area (Å²) in [6, 6.07) is 10.5. The molecule has 1 aromatic heterocycles. The zero-order valence-electron chi connectivity index (χ0n) is 16.4. The van der Waals surface area contributed by atoms with Crippen LogP contribution >= 0.6 is 0 Å². The van der Waals surface area contributed by atoms with E-state index in [-0.39, 0.29) is 17.5 Å². The highest BCUT2D eigenvalue weighted by Crippen LogP contribution is 2.25. The number of hydrogen-bond acceptors (Lipinski definition) is 3. The lowest BCUT2D eigenvalue weighted by Gasteiger charge is -2.16. The molecule has 3 rings (SSSR count). The Bertz CT molecular complexity index is 1040. The van der Waals surface area contributed by atoms with Gasteiger partial charge in [-0.3, -0.25) is 4.79 Å². The van der Waals surface area contributed by atoms with Crippen LogP contribution in [0.5, 0.6) is 5.75 Å². The molecule has 158 valence electrons. The molecule has 1 atom stereocenters. The van der Waals surface area contributed by atoms with E-state index in [1.807, 2.05) is 0 Å². The van der Waals surface area contributed by atoms with E-state index in [0.717, 1.165) is 0 Å². The van der Waals surface area contributed by atoms with E-state index in [1.54, 1.807) is 37.6 Å². The highest BCUT2D eigenvalue weighted by Gasteiger charge is 2.31. The number of aromatic nitrogens is 2. The maximum Gasteiger partial charge on any atom is 0.573 e. The molecule has 3 aromatic rings. The van der Waals surface area contributed by atoms with Crippen LogP contribution in [-0.4, -0.2) is 22.1 Å². The van der Waals surface area contributed by atoms with Crippen molar-refractivity contribution in [2.75, 3.05) is 0 Å². The van der Waals surface area contributed by atoms with Crippen LogP contribution in [0.3, 0.4) is 0 Å². The molecule has 1 amide bonds. The van der Waals surface area contributed by atoms with Crippen LogP contribution in [0.4, 0.5) is 17.6 Å². The lowest BCUT2D eigenvalue weighted by molar-refractivity contribution is -0.274. The predicted octanol–water partition coefficient (Wildman–Crippen LogP) is 5.02. The third-order valence-corrected chi connectivity index (χ3v) is 4.55. The number of amides is 1. The summed E-state index contributed by atoms with van der Waals surface area (Å²) in [4.78, 5) is 12.8.